The fourth-order valence-corrected chi connectivity index (χ4v) is 4.49. The minimum Gasteiger partial charge on any atom is -0.456 e. The van der Waals surface area contributed by atoms with Gasteiger partial charge in [0, 0.05) is 54.5 Å². The van der Waals surface area contributed by atoms with Gasteiger partial charge in [-0.3, -0.25) is 0 Å². The molecule has 0 aliphatic rings. The third-order valence-corrected chi connectivity index (χ3v) is 6.12. The number of benzene rings is 4. The Kier molecular flexibility index (Phi) is 6.93. The van der Waals surface area contributed by atoms with Crippen molar-refractivity contribution in [3.05, 3.63) is 103 Å². The van der Waals surface area contributed by atoms with Crippen LogP contribution in [0.15, 0.2) is 72.8 Å². The van der Waals surface area contributed by atoms with Gasteiger partial charge >= 0.3 is 0 Å². The third kappa shape index (κ3) is 5.09. The minimum absolute atomic E-state index is 0.492. The molecule has 0 saturated heterocycles. The Balaban J connectivity index is 1.85. The molecule has 7 heteroatoms. The summed E-state index contributed by atoms with van der Waals surface area (Å²) in [5.74, 6) is 1.01. The van der Waals surface area contributed by atoms with Crippen LogP contribution in [0.5, 0.6) is 11.5 Å². The van der Waals surface area contributed by atoms with Crippen molar-refractivity contribution in [3.8, 4) is 33.8 Å². The molecule has 4 aromatic carbocycles. The molecule has 0 atom stereocenters. The lowest BCUT2D eigenvalue weighted by Crippen LogP contribution is -1.93. The maximum Gasteiger partial charge on any atom is 0.136 e. The van der Waals surface area contributed by atoms with Crippen LogP contribution in [0.1, 0.15) is 0 Å². The highest BCUT2D eigenvalue weighted by molar-refractivity contribution is 6.37. The molecule has 0 spiro atoms. The van der Waals surface area contributed by atoms with Crippen molar-refractivity contribution in [2.45, 2.75) is 0 Å². The second-order valence-electron chi connectivity index (χ2n) is 6.63. The maximum atomic E-state index is 6.44. The van der Waals surface area contributed by atoms with E-state index in [0.717, 1.165) is 22.3 Å². The van der Waals surface area contributed by atoms with Gasteiger partial charge < -0.3 is 4.74 Å². The zero-order valence-corrected chi connectivity index (χ0v) is 20.1. The average molecular weight is 529 g/mol. The molecule has 0 unspecified atom stereocenters. The van der Waals surface area contributed by atoms with E-state index < -0.39 is 0 Å². The summed E-state index contributed by atoms with van der Waals surface area (Å²) in [6, 6.07) is 21.2. The summed E-state index contributed by atoms with van der Waals surface area (Å²) in [7, 11) is 0. The van der Waals surface area contributed by atoms with Crippen LogP contribution in [0.2, 0.25) is 30.1 Å². The molecule has 4 rings (SSSR count). The third-order valence-electron chi connectivity index (χ3n) is 4.55. The molecule has 0 bridgehead atoms. The normalized spacial score (nSPS) is 10.9. The Bertz CT molecular complexity index is 1190. The molecule has 0 aromatic heterocycles. The lowest BCUT2D eigenvalue weighted by atomic mass is 10.0. The van der Waals surface area contributed by atoms with Crippen molar-refractivity contribution in [1.29, 1.82) is 0 Å². The Labute approximate surface area is 210 Å². The zero-order chi connectivity index (χ0) is 22.1. The molecule has 156 valence electrons. The van der Waals surface area contributed by atoms with Gasteiger partial charge in [-0.1, -0.05) is 81.7 Å². The Morgan fingerprint density at radius 2 is 0.710 bits per heavy atom. The van der Waals surface area contributed by atoms with Gasteiger partial charge in [-0.05, 0) is 48.5 Å². The molecule has 1 nitrogen and oxygen atoms in total. The molecule has 31 heavy (non-hydrogen) atoms. The maximum absolute atomic E-state index is 6.44. The number of rotatable bonds is 4. The van der Waals surface area contributed by atoms with E-state index in [9.17, 15) is 0 Å². The fourth-order valence-electron chi connectivity index (χ4n) is 3.14. The first-order valence-corrected chi connectivity index (χ1v) is 11.3. The van der Waals surface area contributed by atoms with Gasteiger partial charge in [0.25, 0.3) is 0 Å². The molecular weight excluding hydrogens is 517 g/mol. The van der Waals surface area contributed by atoms with E-state index in [1.54, 1.807) is 48.5 Å². The molecule has 0 amide bonds. The van der Waals surface area contributed by atoms with Gasteiger partial charge in [-0.25, -0.2) is 0 Å². The zero-order valence-electron chi connectivity index (χ0n) is 15.6. The molecular formula is C24H12Cl6O. The van der Waals surface area contributed by atoms with Crippen molar-refractivity contribution in [2.75, 3.05) is 0 Å². The summed E-state index contributed by atoms with van der Waals surface area (Å²) in [6.07, 6.45) is 0. The lowest BCUT2D eigenvalue weighted by molar-refractivity contribution is 0.486. The standard InChI is InChI=1S/C24H12Cl6O/c25-13-1-5-17(21(29)9-13)19-7-3-15(27)11-23(19)31-24-12-16(28)4-8-20(24)18-6-2-14(26)10-22(18)30/h1-12H. The predicted molar refractivity (Wildman–Crippen MR) is 134 cm³/mol. The molecule has 0 aliphatic carbocycles. The summed E-state index contributed by atoms with van der Waals surface area (Å²) in [6.45, 7) is 0. The Hall–Kier alpha value is -1.58. The average Bonchev–Trinajstić information content (AvgIpc) is 2.70. The van der Waals surface area contributed by atoms with Crippen molar-refractivity contribution in [1.82, 2.24) is 0 Å². The highest BCUT2D eigenvalue weighted by Crippen LogP contribution is 2.44. The quantitative estimate of drug-likeness (QED) is 0.256. The van der Waals surface area contributed by atoms with Gasteiger partial charge in [0.05, 0.1) is 10.0 Å². The summed E-state index contributed by atoms with van der Waals surface area (Å²) in [5, 5.41) is 3.09. The summed E-state index contributed by atoms with van der Waals surface area (Å²) >= 11 is 37.5. The second-order valence-corrected chi connectivity index (χ2v) is 9.19. The minimum atomic E-state index is 0.492. The van der Waals surface area contributed by atoms with Crippen molar-refractivity contribution >= 4 is 69.6 Å². The first kappa shape index (κ1) is 22.6. The molecule has 0 radical (unpaired) electrons. The number of ether oxygens (including phenoxy) is 1. The fraction of sp³-hybridized carbons (Fsp3) is 0. The predicted octanol–water partition coefficient (Wildman–Crippen LogP) is 10.7. The number of halogens is 6. The summed E-state index contributed by atoms with van der Waals surface area (Å²) in [5.41, 5.74) is 3.01. The largest absolute Gasteiger partial charge is 0.456 e. The van der Waals surface area contributed by atoms with Crippen LogP contribution in [0.3, 0.4) is 0 Å². The monoisotopic (exact) mass is 526 g/mol. The van der Waals surface area contributed by atoms with E-state index in [-0.39, 0.29) is 0 Å². The molecule has 0 saturated carbocycles. The number of hydrogen-bond donors (Lipinski definition) is 0. The van der Waals surface area contributed by atoms with Crippen molar-refractivity contribution in [3.63, 3.8) is 0 Å². The van der Waals surface area contributed by atoms with Crippen LogP contribution in [-0.2, 0) is 0 Å². The van der Waals surface area contributed by atoms with Gasteiger partial charge in [0.1, 0.15) is 11.5 Å². The van der Waals surface area contributed by atoms with Crippen molar-refractivity contribution < 1.29 is 4.74 Å². The van der Waals surface area contributed by atoms with E-state index in [1.807, 2.05) is 24.3 Å². The van der Waals surface area contributed by atoms with Gasteiger partial charge in [0.15, 0.2) is 0 Å². The Morgan fingerprint density at radius 3 is 1.06 bits per heavy atom. The number of hydrogen-bond acceptors (Lipinski definition) is 1. The van der Waals surface area contributed by atoms with Gasteiger partial charge in [-0.2, -0.15) is 0 Å². The first-order chi connectivity index (χ1) is 14.8. The topological polar surface area (TPSA) is 9.23 Å². The first-order valence-electron chi connectivity index (χ1n) is 8.99. The highest BCUT2D eigenvalue weighted by Gasteiger charge is 2.16. The SMILES string of the molecule is Clc1ccc(-c2ccc(Cl)cc2Oc2cc(Cl)ccc2-c2ccc(Cl)cc2Cl)c(Cl)c1. The lowest BCUT2D eigenvalue weighted by Gasteiger charge is -2.17. The summed E-state index contributed by atoms with van der Waals surface area (Å²) in [4.78, 5) is 0. The van der Waals surface area contributed by atoms with Crippen LogP contribution in [-0.4, -0.2) is 0 Å². The van der Waals surface area contributed by atoms with Crippen LogP contribution in [0.4, 0.5) is 0 Å². The van der Waals surface area contributed by atoms with E-state index in [2.05, 4.69) is 0 Å². The molecule has 0 N–H and O–H groups in total. The molecule has 4 aromatic rings. The van der Waals surface area contributed by atoms with Crippen LogP contribution >= 0.6 is 69.6 Å². The van der Waals surface area contributed by atoms with E-state index in [4.69, 9.17) is 74.3 Å². The molecule has 0 heterocycles. The van der Waals surface area contributed by atoms with Gasteiger partial charge in [-0.15, -0.1) is 0 Å². The van der Waals surface area contributed by atoms with Crippen LogP contribution in [0.25, 0.3) is 22.3 Å². The molecule has 0 fully saturated rings. The highest BCUT2D eigenvalue weighted by atomic mass is 35.5. The van der Waals surface area contributed by atoms with Crippen molar-refractivity contribution in [2.24, 2.45) is 0 Å². The molecule has 0 aliphatic heterocycles. The smallest absolute Gasteiger partial charge is 0.136 e. The summed E-state index contributed by atoms with van der Waals surface area (Å²) < 4.78 is 6.33. The van der Waals surface area contributed by atoms with Gasteiger partial charge in [0.2, 0.25) is 0 Å². The van der Waals surface area contributed by atoms with E-state index in [0.29, 0.717) is 41.6 Å². The second kappa shape index (κ2) is 9.50. The Morgan fingerprint density at radius 1 is 0.387 bits per heavy atom. The van der Waals surface area contributed by atoms with E-state index >= 15 is 0 Å². The van der Waals surface area contributed by atoms with Crippen LogP contribution in [0, 0.1) is 0 Å². The van der Waals surface area contributed by atoms with E-state index in [1.165, 1.54) is 0 Å². The van der Waals surface area contributed by atoms with Crippen LogP contribution < -0.4 is 4.74 Å².